The Labute approximate surface area is 224 Å². The molecule has 0 radical (unpaired) electrons. The molecule has 1 rings (SSSR count). The first-order valence-corrected chi connectivity index (χ1v) is 15.5. The molecule has 0 aromatic carbocycles. The van der Waals surface area contributed by atoms with Crippen LogP contribution in [-0.4, -0.2) is 25.2 Å². The van der Waals surface area contributed by atoms with Gasteiger partial charge in [0.05, 0.1) is 25.0 Å². The zero-order chi connectivity index (χ0) is 26.8. The van der Waals surface area contributed by atoms with Crippen LogP contribution in [0.5, 0.6) is 0 Å². The molecule has 1 aliphatic rings. The van der Waals surface area contributed by atoms with Crippen LogP contribution < -0.4 is 0 Å². The van der Waals surface area contributed by atoms with Crippen LogP contribution in [0, 0.1) is 35.5 Å². The van der Waals surface area contributed by atoms with E-state index < -0.39 is 0 Å². The molecule has 0 aromatic heterocycles. The summed E-state index contributed by atoms with van der Waals surface area (Å²) in [4.78, 5) is 24.9. The van der Waals surface area contributed by atoms with E-state index in [-0.39, 0.29) is 23.8 Å². The molecular weight excluding hydrogens is 448 g/mol. The number of hydrogen-bond acceptors (Lipinski definition) is 4. The van der Waals surface area contributed by atoms with Gasteiger partial charge in [-0.3, -0.25) is 9.59 Å². The number of carbonyl (C=O) groups is 2. The summed E-state index contributed by atoms with van der Waals surface area (Å²) in [6, 6.07) is 0. The van der Waals surface area contributed by atoms with Crippen molar-refractivity contribution in [2.45, 2.75) is 144 Å². The number of carbonyl (C=O) groups excluding carboxylic acids is 2. The second-order valence-electron chi connectivity index (χ2n) is 12.7. The quantitative estimate of drug-likeness (QED) is 0.121. The maximum atomic E-state index is 12.4. The fourth-order valence-corrected chi connectivity index (χ4v) is 5.37. The summed E-state index contributed by atoms with van der Waals surface area (Å²) < 4.78 is 11.1. The predicted molar refractivity (Wildman–Crippen MR) is 151 cm³/mol. The topological polar surface area (TPSA) is 52.6 Å². The molecule has 0 bridgehead atoms. The fourth-order valence-electron chi connectivity index (χ4n) is 5.37. The number of esters is 2. The van der Waals surface area contributed by atoms with E-state index in [1.165, 1.54) is 51.4 Å². The number of rotatable bonds is 20. The first-order valence-electron chi connectivity index (χ1n) is 15.5. The summed E-state index contributed by atoms with van der Waals surface area (Å²) in [6.45, 7) is 14.9. The van der Waals surface area contributed by atoms with E-state index in [4.69, 9.17) is 9.47 Å². The fraction of sp³-hybridized carbons (Fsp3) is 0.938. The molecule has 0 aliphatic heterocycles. The molecule has 0 amide bonds. The summed E-state index contributed by atoms with van der Waals surface area (Å²) in [7, 11) is 0. The van der Waals surface area contributed by atoms with Crippen molar-refractivity contribution in [2.24, 2.45) is 35.5 Å². The van der Waals surface area contributed by atoms with Gasteiger partial charge in [0.25, 0.3) is 0 Å². The molecule has 36 heavy (non-hydrogen) atoms. The third kappa shape index (κ3) is 16.6. The van der Waals surface area contributed by atoms with E-state index in [1.807, 2.05) is 0 Å². The number of hydrogen-bond donors (Lipinski definition) is 0. The van der Waals surface area contributed by atoms with Crippen molar-refractivity contribution < 1.29 is 19.1 Å². The van der Waals surface area contributed by atoms with Crippen LogP contribution in [0.15, 0.2) is 0 Å². The van der Waals surface area contributed by atoms with Crippen LogP contribution in [0.4, 0.5) is 0 Å². The van der Waals surface area contributed by atoms with E-state index in [2.05, 4.69) is 41.5 Å². The van der Waals surface area contributed by atoms with Gasteiger partial charge in [-0.25, -0.2) is 0 Å². The smallest absolute Gasteiger partial charge is 0.308 e. The van der Waals surface area contributed by atoms with Crippen molar-refractivity contribution in [3.05, 3.63) is 0 Å². The Morgan fingerprint density at radius 2 is 0.861 bits per heavy atom. The normalized spacial score (nSPS) is 19.9. The summed E-state index contributed by atoms with van der Waals surface area (Å²) in [5.41, 5.74) is 0. The van der Waals surface area contributed by atoms with Gasteiger partial charge >= 0.3 is 11.9 Å². The van der Waals surface area contributed by atoms with Gasteiger partial charge in [0.15, 0.2) is 0 Å². The van der Waals surface area contributed by atoms with Crippen LogP contribution in [0.3, 0.4) is 0 Å². The van der Waals surface area contributed by atoms with Crippen LogP contribution in [-0.2, 0) is 19.1 Å². The number of ether oxygens (including phenoxy) is 2. The molecule has 4 nitrogen and oxygen atoms in total. The largest absolute Gasteiger partial charge is 0.465 e. The third-order valence-corrected chi connectivity index (χ3v) is 8.02. The van der Waals surface area contributed by atoms with E-state index in [9.17, 15) is 9.59 Å². The monoisotopic (exact) mass is 508 g/mol. The summed E-state index contributed by atoms with van der Waals surface area (Å²) in [5, 5.41) is 0. The van der Waals surface area contributed by atoms with Gasteiger partial charge < -0.3 is 9.47 Å². The van der Waals surface area contributed by atoms with Crippen LogP contribution in [0.1, 0.15) is 144 Å². The minimum Gasteiger partial charge on any atom is -0.465 e. The standard InChI is InChI=1S/C32H60O4/c1-25(2)13-11-17-27(5)15-7-9-23-35-31(33)29-19-21-30(22-20-29)32(34)36-24-10-8-16-28(6)18-12-14-26(3)4/h25-30H,7-24H2,1-6H3. The van der Waals surface area contributed by atoms with Crippen LogP contribution in [0.25, 0.3) is 0 Å². The first-order chi connectivity index (χ1) is 17.2. The average Bonchev–Trinajstić information content (AvgIpc) is 2.83. The van der Waals surface area contributed by atoms with Gasteiger partial charge in [-0.1, -0.05) is 92.9 Å². The molecule has 212 valence electrons. The Kier molecular flexibility index (Phi) is 18.3. The zero-order valence-corrected chi connectivity index (χ0v) is 24.8. The Balaban J connectivity index is 2.04. The highest BCUT2D eigenvalue weighted by molar-refractivity contribution is 5.75. The highest BCUT2D eigenvalue weighted by atomic mass is 16.5. The molecule has 0 spiro atoms. The van der Waals surface area contributed by atoms with Crippen LogP contribution >= 0.6 is 0 Å². The zero-order valence-electron chi connectivity index (χ0n) is 24.8. The van der Waals surface area contributed by atoms with Gasteiger partial charge in [0.1, 0.15) is 0 Å². The maximum Gasteiger partial charge on any atom is 0.308 e. The lowest BCUT2D eigenvalue weighted by Gasteiger charge is -2.26. The predicted octanol–water partition coefficient (Wildman–Crippen LogP) is 9.14. The molecule has 0 N–H and O–H groups in total. The van der Waals surface area contributed by atoms with E-state index >= 15 is 0 Å². The summed E-state index contributed by atoms with van der Waals surface area (Å²) in [5.74, 6) is 2.91. The van der Waals surface area contributed by atoms with E-state index in [0.29, 0.717) is 13.2 Å². The second kappa shape index (κ2) is 20.0. The van der Waals surface area contributed by atoms with Gasteiger partial charge in [-0.15, -0.1) is 0 Å². The molecular formula is C32H60O4. The third-order valence-electron chi connectivity index (χ3n) is 8.02. The Bertz CT molecular complexity index is 513. The summed E-state index contributed by atoms with van der Waals surface area (Å²) >= 11 is 0. The molecule has 1 aliphatic carbocycles. The second-order valence-corrected chi connectivity index (χ2v) is 12.7. The van der Waals surface area contributed by atoms with Crippen molar-refractivity contribution in [3.8, 4) is 0 Å². The Morgan fingerprint density at radius 3 is 1.19 bits per heavy atom. The lowest BCUT2D eigenvalue weighted by molar-refractivity contribution is -0.155. The minimum absolute atomic E-state index is 0.0406. The Hall–Kier alpha value is -1.06. The van der Waals surface area contributed by atoms with Crippen molar-refractivity contribution >= 4 is 11.9 Å². The maximum absolute atomic E-state index is 12.4. The first kappa shape index (κ1) is 33.0. The molecule has 0 heterocycles. The van der Waals surface area contributed by atoms with Crippen molar-refractivity contribution in [1.82, 2.24) is 0 Å². The SMILES string of the molecule is CC(C)CCCC(C)CCCCOC(=O)C1CCC(C(=O)OCCCCC(C)CCCC(C)C)CC1. The molecule has 2 unspecified atom stereocenters. The van der Waals surface area contributed by atoms with Gasteiger partial charge in [0.2, 0.25) is 0 Å². The van der Waals surface area contributed by atoms with Crippen molar-refractivity contribution in [1.29, 1.82) is 0 Å². The van der Waals surface area contributed by atoms with E-state index in [0.717, 1.165) is 75.0 Å². The minimum atomic E-state index is -0.0608. The highest BCUT2D eigenvalue weighted by Crippen LogP contribution is 2.30. The molecule has 4 heteroatoms. The molecule has 1 saturated carbocycles. The lowest BCUT2D eigenvalue weighted by Crippen LogP contribution is -2.28. The van der Waals surface area contributed by atoms with Crippen LogP contribution in [0.2, 0.25) is 0 Å². The van der Waals surface area contributed by atoms with Gasteiger partial charge in [0, 0.05) is 0 Å². The van der Waals surface area contributed by atoms with E-state index in [1.54, 1.807) is 0 Å². The van der Waals surface area contributed by atoms with Crippen molar-refractivity contribution in [2.75, 3.05) is 13.2 Å². The molecule has 0 saturated heterocycles. The lowest BCUT2D eigenvalue weighted by atomic mass is 9.82. The van der Waals surface area contributed by atoms with Gasteiger partial charge in [-0.2, -0.15) is 0 Å². The highest BCUT2D eigenvalue weighted by Gasteiger charge is 2.31. The average molecular weight is 509 g/mol. The summed E-state index contributed by atoms with van der Waals surface area (Å²) in [6.07, 6.45) is 17.5. The Morgan fingerprint density at radius 1 is 0.528 bits per heavy atom. The molecule has 1 fully saturated rings. The number of unbranched alkanes of at least 4 members (excludes halogenated alkanes) is 2. The molecule has 0 aromatic rings. The van der Waals surface area contributed by atoms with Gasteiger partial charge in [-0.05, 0) is 75.0 Å². The van der Waals surface area contributed by atoms with Crippen molar-refractivity contribution in [3.63, 3.8) is 0 Å². The molecule has 2 atom stereocenters.